The van der Waals surface area contributed by atoms with Crippen LogP contribution < -0.4 is 5.32 Å². The average Bonchev–Trinajstić information content (AvgIpc) is 3.59. The molecule has 7 nitrogen and oxygen atoms in total. The van der Waals surface area contributed by atoms with E-state index >= 15 is 0 Å². The lowest BCUT2D eigenvalue weighted by molar-refractivity contribution is -0.145. The Labute approximate surface area is 226 Å². The fourth-order valence-corrected chi connectivity index (χ4v) is 6.87. The molecule has 3 heterocycles. The molecular weight excluding hydrogens is 476 g/mol. The van der Waals surface area contributed by atoms with Crippen LogP contribution in [0.4, 0.5) is 0 Å². The summed E-state index contributed by atoms with van der Waals surface area (Å²) in [5.74, 6) is 0.767. The van der Waals surface area contributed by atoms with Gasteiger partial charge in [-0.15, -0.1) is 0 Å². The number of hydrogen-bond acceptors (Lipinski definition) is 3. The standard InChI is InChI=1S/C31H44N4O3/c1-30(2,3)21-13-11-19(12-14-21)28(37)34-17-23-16-22(34)18-35(23)29(38)26(31(4,5)6)33-27(36)25-15-20-9-7-8-10-24(20)32-25/h7-10,15,19,21-23,26,32H,11-14,16-18H2,1-6H3,(H,33,36)/t19-,21-,22-,23-,26+/m0/s1. The van der Waals surface area contributed by atoms with Crippen molar-refractivity contribution in [1.82, 2.24) is 20.1 Å². The molecule has 2 bridgehead atoms. The molecule has 3 atom stereocenters. The molecule has 1 aliphatic carbocycles. The van der Waals surface area contributed by atoms with Gasteiger partial charge in [-0.2, -0.15) is 0 Å². The van der Waals surface area contributed by atoms with Crippen molar-refractivity contribution in [3.8, 4) is 0 Å². The summed E-state index contributed by atoms with van der Waals surface area (Å²) >= 11 is 0. The van der Waals surface area contributed by atoms with Crippen LogP contribution in [0.15, 0.2) is 30.3 Å². The molecule has 2 N–H and O–H groups in total. The number of likely N-dealkylation sites (tertiary alicyclic amines) is 2. The molecule has 2 saturated heterocycles. The lowest BCUT2D eigenvalue weighted by Crippen LogP contribution is -2.59. The minimum Gasteiger partial charge on any atom is -0.351 e. The highest BCUT2D eigenvalue weighted by Crippen LogP contribution is 2.42. The third-order valence-electron chi connectivity index (χ3n) is 9.27. The Bertz CT molecular complexity index is 1180. The van der Waals surface area contributed by atoms with E-state index in [-0.39, 0.29) is 35.7 Å². The highest BCUT2D eigenvalue weighted by atomic mass is 16.2. The molecule has 0 spiro atoms. The summed E-state index contributed by atoms with van der Waals surface area (Å²) in [4.78, 5) is 47.6. The number of benzene rings is 1. The van der Waals surface area contributed by atoms with Crippen molar-refractivity contribution in [2.24, 2.45) is 22.7 Å². The molecule has 0 radical (unpaired) electrons. The molecule has 7 heteroatoms. The van der Waals surface area contributed by atoms with Gasteiger partial charge in [0.2, 0.25) is 11.8 Å². The minimum absolute atomic E-state index is 0.0252. The Morgan fingerprint density at radius 1 is 0.921 bits per heavy atom. The Morgan fingerprint density at radius 3 is 2.13 bits per heavy atom. The zero-order valence-electron chi connectivity index (χ0n) is 23.8. The van der Waals surface area contributed by atoms with E-state index in [0.717, 1.165) is 43.0 Å². The zero-order chi connectivity index (χ0) is 27.4. The normalized spacial score (nSPS) is 26.6. The lowest BCUT2D eigenvalue weighted by atomic mass is 9.69. The summed E-state index contributed by atoms with van der Waals surface area (Å²) in [5, 5.41) is 3.99. The van der Waals surface area contributed by atoms with Crippen LogP contribution in [0.25, 0.3) is 10.9 Å². The van der Waals surface area contributed by atoms with Gasteiger partial charge in [-0.25, -0.2) is 0 Å². The van der Waals surface area contributed by atoms with E-state index in [1.54, 1.807) is 0 Å². The van der Waals surface area contributed by atoms with E-state index in [2.05, 4.69) is 36.0 Å². The molecule has 0 unspecified atom stereocenters. The van der Waals surface area contributed by atoms with E-state index in [1.165, 1.54) is 0 Å². The van der Waals surface area contributed by atoms with Gasteiger partial charge in [0.15, 0.2) is 0 Å². The quantitative estimate of drug-likeness (QED) is 0.597. The van der Waals surface area contributed by atoms with Gasteiger partial charge in [0.05, 0.1) is 12.1 Å². The van der Waals surface area contributed by atoms with Crippen LogP contribution in [-0.2, 0) is 9.59 Å². The van der Waals surface area contributed by atoms with Gasteiger partial charge in [0.1, 0.15) is 11.7 Å². The summed E-state index contributed by atoms with van der Waals surface area (Å²) in [6, 6.07) is 9.03. The first-order chi connectivity index (χ1) is 17.8. The van der Waals surface area contributed by atoms with Crippen LogP contribution >= 0.6 is 0 Å². The molecule has 3 amide bonds. The predicted molar refractivity (Wildman–Crippen MR) is 150 cm³/mol. The van der Waals surface area contributed by atoms with Crippen LogP contribution in [0.1, 0.15) is 84.1 Å². The summed E-state index contributed by atoms with van der Waals surface area (Å²) < 4.78 is 0. The second kappa shape index (κ2) is 9.73. The monoisotopic (exact) mass is 520 g/mol. The Kier molecular flexibility index (Phi) is 6.85. The van der Waals surface area contributed by atoms with Crippen molar-refractivity contribution < 1.29 is 14.4 Å². The van der Waals surface area contributed by atoms with Crippen molar-refractivity contribution >= 4 is 28.6 Å². The molecule has 38 heavy (non-hydrogen) atoms. The maximum absolute atomic E-state index is 13.8. The Balaban J connectivity index is 1.22. The molecular formula is C31H44N4O3. The zero-order valence-corrected chi connectivity index (χ0v) is 23.8. The van der Waals surface area contributed by atoms with Crippen molar-refractivity contribution in [1.29, 1.82) is 0 Å². The molecule has 1 aromatic heterocycles. The number of rotatable bonds is 4. The second-order valence-electron chi connectivity index (χ2n) is 14.0. The van der Waals surface area contributed by atoms with Gasteiger partial charge in [-0.05, 0) is 61.0 Å². The SMILES string of the molecule is CC(C)(C)[C@H](NC(=O)c1cc2ccccc2[nH]1)C(=O)N1C[C@@H]2C[C@H]1CN2C(=O)[C@H]1CC[C@H](C(C)(C)C)CC1. The Morgan fingerprint density at radius 2 is 1.55 bits per heavy atom. The molecule has 2 aromatic rings. The van der Waals surface area contributed by atoms with Crippen LogP contribution in [0.3, 0.4) is 0 Å². The summed E-state index contributed by atoms with van der Waals surface area (Å²) in [6.45, 7) is 14.0. The number of aromatic amines is 1. The smallest absolute Gasteiger partial charge is 0.268 e. The second-order valence-corrected chi connectivity index (χ2v) is 14.0. The van der Waals surface area contributed by atoms with E-state index in [9.17, 15) is 14.4 Å². The first kappa shape index (κ1) is 26.8. The topological polar surface area (TPSA) is 85.5 Å². The summed E-state index contributed by atoms with van der Waals surface area (Å²) in [7, 11) is 0. The number of carbonyl (C=O) groups is 3. The molecule has 3 fully saturated rings. The third-order valence-corrected chi connectivity index (χ3v) is 9.27. The van der Waals surface area contributed by atoms with Gasteiger partial charge in [0, 0.05) is 29.9 Å². The summed E-state index contributed by atoms with van der Waals surface area (Å²) in [5.41, 5.74) is 1.19. The number of piperazine rings is 1. The largest absolute Gasteiger partial charge is 0.351 e. The van der Waals surface area contributed by atoms with Crippen LogP contribution in [0, 0.1) is 22.7 Å². The van der Waals surface area contributed by atoms with Gasteiger partial charge >= 0.3 is 0 Å². The minimum atomic E-state index is -0.655. The fourth-order valence-electron chi connectivity index (χ4n) is 6.87. The average molecular weight is 521 g/mol. The van der Waals surface area contributed by atoms with Crippen LogP contribution in [-0.4, -0.2) is 63.7 Å². The fraction of sp³-hybridized carbons (Fsp3) is 0.645. The molecule has 206 valence electrons. The highest BCUT2D eigenvalue weighted by Gasteiger charge is 2.50. The first-order valence-corrected chi connectivity index (χ1v) is 14.3. The summed E-state index contributed by atoms with van der Waals surface area (Å²) in [6.07, 6.45) is 5.03. The van der Waals surface area contributed by atoms with Gasteiger partial charge in [-0.1, -0.05) is 59.7 Å². The van der Waals surface area contributed by atoms with E-state index in [0.29, 0.717) is 30.1 Å². The van der Waals surface area contributed by atoms with Gasteiger partial charge in [0.25, 0.3) is 5.91 Å². The number of hydrogen-bond donors (Lipinski definition) is 2. The molecule has 5 rings (SSSR count). The molecule has 3 aliphatic rings. The number of nitrogens with one attached hydrogen (secondary N) is 2. The van der Waals surface area contributed by atoms with Gasteiger partial charge < -0.3 is 20.1 Å². The maximum Gasteiger partial charge on any atom is 0.268 e. The number of para-hydroxylation sites is 1. The molecule has 1 saturated carbocycles. The van der Waals surface area contributed by atoms with Crippen molar-refractivity contribution in [2.75, 3.05) is 13.1 Å². The van der Waals surface area contributed by atoms with Crippen molar-refractivity contribution in [3.63, 3.8) is 0 Å². The van der Waals surface area contributed by atoms with E-state index < -0.39 is 11.5 Å². The number of fused-ring (bicyclic) bond motifs is 3. The number of amides is 3. The predicted octanol–water partition coefficient (Wildman–Crippen LogP) is 4.98. The third kappa shape index (κ3) is 5.08. The van der Waals surface area contributed by atoms with Crippen molar-refractivity contribution in [2.45, 2.75) is 91.8 Å². The lowest BCUT2D eigenvalue weighted by Gasteiger charge is -2.41. The van der Waals surface area contributed by atoms with Gasteiger partial charge in [-0.3, -0.25) is 14.4 Å². The number of carbonyl (C=O) groups excluding carboxylic acids is 3. The van der Waals surface area contributed by atoms with E-state index in [4.69, 9.17) is 0 Å². The first-order valence-electron chi connectivity index (χ1n) is 14.3. The molecule has 1 aromatic carbocycles. The Hall–Kier alpha value is -2.83. The highest BCUT2D eigenvalue weighted by molar-refractivity contribution is 6.00. The van der Waals surface area contributed by atoms with E-state index in [1.807, 2.05) is 56.0 Å². The molecule has 2 aliphatic heterocycles. The van der Waals surface area contributed by atoms with Crippen molar-refractivity contribution in [3.05, 3.63) is 36.0 Å². The maximum atomic E-state index is 13.8. The number of aromatic nitrogens is 1. The number of nitrogens with zero attached hydrogens (tertiary/aromatic N) is 2. The van der Waals surface area contributed by atoms with Crippen LogP contribution in [0.5, 0.6) is 0 Å². The number of H-pyrrole nitrogens is 1. The van der Waals surface area contributed by atoms with Crippen LogP contribution in [0.2, 0.25) is 0 Å².